The van der Waals surface area contributed by atoms with Gasteiger partial charge in [0.25, 0.3) is 10.0 Å². The molecular formula is C26H31NO3S. The lowest BCUT2D eigenvalue weighted by Crippen LogP contribution is -2.27. The second kappa shape index (κ2) is 9.73. The Kier molecular flexibility index (Phi) is 6.81. The third-order valence-electron chi connectivity index (χ3n) is 6.26. The summed E-state index contributed by atoms with van der Waals surface area (Å²) in [6.07, 6.45) is 10.8. The molecule has 0 spiro atoms. The lowest BCUT2D eigenvalue weighted by Gasteiger charge is -2.25. The smallest absolute Gasteiger partial charge is 0.264 e. The molecule has 0 bridgehead atoms. The van der Waals surface area contributed by atoms with E-state index in [1.54, 1.807) is 18.3 Å². The average molecular weight is 438 g/mol. The Morgan fingerprint density at radius 2 is 1.65 bits per heavy atom. The van der Waals surface area contributed by atoms with E-state index in [0.29, 0.717) is 29.7 Å². The van der Waals surface area contributed by atoms with E-state index < -0.39 is 10.0 Å². The Hall–Kier alpha value is -2.53. The van der Waals surface area contributed by atoms with E-state index in [4.69, 9.17) is 4.74 Å². The van der Waals surface area contributed by atoms with E-state index in [1.807, 2.05) is 49.4 Å². The molecule has 0 radical (unpaired) electrons. The first-order valence-corrected chi connectivity index (χ1v) is 12.7. The fourth-order valence-electron chi connectivity index (χ4n) is 4.43. The number of hydrogen-bond donors (Lipinski definition) is 0. The van der Waals surface area contributed by atoms with Crippen molar-refractivity contribution in [3.05, 3.63) is 83.6 Å². The molecule has 1 fully saturated rings. The summed E-state index contributed by atoms with van der Waals surface area (Å²) in [7, 11) is -3.70. The van der Waals surface area contributed by atoms with Crippen LogP contribution in [-0.4, -0.2) is 25.9 Å². The minimum absolute atomic E-state index is 0.300. The van der Waals surface area contributed by atoms with Gasteiger partial charge in [-0.15, -0.1) is 0 Å². The molecule has 4 nitrogen and oxygen atoms in total. The highest BCUT2D eigenvalue weighted by molar-refractivity contribution is 7.89. The third-order valence-corrected chi connectivity index (χ3v) is 8.00. The molecule has 5 heteroatoms. The van der Waals surface area contributed by atoms with Gasteiger partial charge < -0.3 is 4.74 Å². The van der Waals surface area contributed by atoms with Crippen LogP contribution in [0.4, 0.5) is 0 Å². The zero-order chi connectivity index (χ0) is 21.7. The maximum Gasteiger partial charge on any atom is 0.264 e. The summed E-state index contributed by atoms with van der Waals surface area (Å²) < 4.78 is 34.7. The van der Waals surface area contributed by atoms with Crippen molar-refractivity contribution < 1.29 is 13.2 Å². The Bertz CT molecular complexity index is 1030. The maximum absolute atomic E-state index is 13.5. The fraction of sp³-hybridized carbons (Fsp3) is 0.385. The van der Waals surface area contributed by atoms with Gasteiger partial charge in [0.05, 0.1) is 24.2 Å². The molecule has 1 aliphatic carbocycles. The van der Waals surface area contributed by atoms with Crippen LogP contribution in [0.1, 0.15) is 49.7 Å². The minimum atomic E-state index is -3.70. The summed E-state index contributed by atoms with van der Waals surface area (Å²) in [5.74, 6) is 1.13. The van der Waals surface area contributed by atoms with E-state index >= 15 is 0 Å². The Morgan fingerprint density at radius 1 is 0.935 bits per heavy atom. The van der Waals surface area contributed by atoms with Gasteiger partial charge >= 0.3 is 0 Å². The molecule has 0 aromatic heterocycles. The van der Waals surface area contributed by atoms with E-state index in [9.17, 15) is 8.42 Å². The minimum Gasteiger partial charge on any atom is -0.491 e. The highest BCUT2D eigenvalue weighted by Gasteiger charge is 2.25. The van der Waals surface area contributed by atoms with Crippen LogP contribution in [0, 0.1) is 12.8 Å². The molecule has 0 saturated heterocycles. The van der Waals surface area contributed by atoms with Crippen LogP contribution in [0.3, 0.4) is 0 Å². The summed E-state index contributed by atoms with van der Waals surface area (Å²) in [4.78, 5) is 0.300. The molecule has 164 valence electrons. The summed E-state index contributed by atoms with van der Waals surface area (Å²) in [6.45, 7) is 2.83. The first kappa shape index (κ1) is 21.7. The van der Waals surface area contributed by atoms with Gasteiger partial charge in [-0.1, -0.05) is 78.9 Å². The molecule has 2 aromatic rings. The van der Waals surface area contributed by atoms with Crippen LogP contribution in [0.25, 0.3) is 5.76 Å². The number of rotatable bonds is 4. The zero-order valence-corrected chi connectivity index (χ0v) is 19.0. The van der Waals surface area contributed by atoms with Crippen LogP contribution >= 0.6 is 0 Å². The Balaban J connectivity index is 1.71. The van der Waals surface area contributed by atoms with Crippen molar-refractivity contribution in [3.8, 4) is 0 Å². The zero-order valence-electron chi connectivity index (χ0n) is 18.2. The topological polar surface area (TPSA) is 46.6 Å². The van der Waals surface area contributed by atoms with Gasteiger partial charge in [0, 0.05) is 12.0 Å². The van der Waals surface area contributed by atoms with Crippen molar-refractivity contribution in [1.82, 2.24) is 4.31 Å². The van der Waals surface area contributed by atoms with E-state index in [2.05, 4.69) is 6.08 Å². The second-order valence-corrected chi connectivity index (χ2v) is 10.4. The number of aryl methyl sites for hydroxylation is 1. The molecule has 0 N–H and O–H groups in total. The highest BCUT2D eigenvalue weighted by atomic mass is 32.2. The Morgan fingerprint density at radius 3 is 2.35 bits per heavy atom. The van der Waals surface area contributed by atoms with Crippen LogP contribution in [-0.2, 0) is 14.8 Å². The average Bonchev–Trinajstić information content (AvgIpc) is 2.91. The molecule has 0 unspecified atom stereocenters. The molecule has 1 saturated carbocycles. The number of sulfonamides is 1. The summed E-state index contributed by atoms with van der Waals surface area (Å²) >= 11 is 0. The van der Waals surface area contributed by atoms with Gasteiger partial charge in [0.2, 0.25) is 0 Å². The van der Waals surface area contributed by atoms with E-state index in [0.717, 1.165) is 17.5 Å². The van der Waals surface area contributed by atoms with E-state index in [1.165, 1.54) is 42.0 Å². The first-order valence-electron chi connectivity index (χ1n) is 11.2. The van der Waals surface area contributed by atoms with Crippen molar-refractivity contribution in [2.24, 2.45) is 5.92 Å². The molecule has 1 aliphatic heterocycles. The van der Waals surface area contributed by atoms with Crippen LogP contribution in [0.15, 0.2) is 77.3 Å². The van der Waals surface area contributed by atoms with Crippen molar-refractivity contribution in [2.75, 3.05) is 13.2 Å². The fourth-order valence-corrected chi connectivity index (χ4v) is 5.68. The lowest BCUT2D eigenvalue weighted by molar-refractivity contribution is 0.270. The molecule has 0 amide bonds. The van der Waals surface area contributed by atoms with Gasteiger partial charge in [-0.2, -0.15) is 0 Å². The van der Waals surface area contributed by atoms with Gasteiger partial charge in [0.1, 0.15) is 5.76 Å². The SMILES string of the molecule is Cc1ccc(S(=O)(=O)N2/C=C(/c3ccccc3)OCC/C(C3CCCCC3)=C\C2)cc1. The second-order valence-electron chi connectivity index (χ2n) is 8.46. The van der Waals surface area contributed by atoms with Crippen molar-refractivity contribution in [1.29, 1.82) is 0 Å². The third kappa shape index (κ3) is 5.21. The molecule has 4 rings (SSSR count). The number of ether oxygens (including phenoxy) is 1. The van der Waals surface area contributed by atoms with Crippen LogP contribution < -0.4 is 0 Å². The summed E-state index contributed by atoms with van der Waals surface area (Å²) in [5, 5.41) is 0. The lowest BCUT2D eigenvalue weighted by atomic mass is 9.82. The van der Waals surface area contributed by atoms with Crippen molar-refractivity contribution in [2.45, 2.75) is 50.3 Å². The molecule has 31 heavy (non-hydrogen) atoms. The predicted octanol–water partition coefficient (Wildman–Crippen LogP) is 5.91. The van der Waals surface area contributed by atoms with Crippen molar-refractivity contribution >= 4 is 15.8 Å². The molecule has 0 atom stereocenters. The van der Waals surface area contributed by atoms with Crippen LogP contribution in [0.5, 0.6) is 0 Å². The summed E-state index contributed by atoms with van der Waals surface area (Å²) in [5.41, 5.74) is 3.26. The molecular weight excluding hydrogens is 406 g/mol. The Labute approximate surface area is 186 Å². The molecule has 2 aliphatic rings. The first-order chi connectivity index (χ1) is 15.0. The van der Waals surface area contributed by atoms with Gasteiger partial charge in [-0.3, -0.25) is 4.31 Å². The normalized spacial score (nSPS) is 22.2. The molecule has 1 heterocycles. The standard InChI is InChI=1S/C26H31NO3S/c1-21-12-14-25(15-13-21)31(28,29)27-18-16-23(22-8-4-2-5-9-22)17-19-30-26(20-27)24-10-6-3-7-11-24/h3,6-7,10-16,20,22H,2,4-5,8-9,17-19H2,1H3/b23-16+,26-20-. The number of hydrogen-bond acceptors (Lipinski definition) is 3. The monoisotopic (exact) mass is 437 g/mol. The predicted molar refractivity (Wildman–Crippen MR) is 125 cm³/mol. The number of nitrogens with zero attached hydrogens (tertiary/aromatic N) is 1. The van der Waals surface area contributed by atoms with Gasteiger partial charge in [-0.05, 0) is 37.8 Å². The van der Waals surface area contributed by atoms with Crippen LogP contribution in [0.2, 0.25) is 0 Å². The maximum atomic E-state index is 13.5. The van der Waals surface area contributed by atoms with Crippen molar-refractivity contribution in [3.63, 3.8) is 0 Å². The quantitative estimate of drug-likeness (QED) is 0.559. The summed E-state index contributed by atoms with van der Waals surface area (Å²) in [6, 6.07) is 16.8. The highest BCUT2D eigenvalue weighted by Crippen LogP contribution is 2.33. The molecule has 2 aromatic carbocycles. The largest absolute Gasteiger partial charge is 0.491 e. The number of benzene rings is 2. The van der Waals surface area contributed by atoms with Gasteiger partial charge in [0.15, 0.2) is 0 Å². The van der Waals surface area contributed by atoms with E-state index in [-0.39, 0.29) is 0 Å². The van der Waals surface area contributed by atoms with Gasteiger partial charge in [-0.25, -0.2) is 8.42 Å².